The molecule has 0 aromatic heterocycles. The summed E-state index contributed by atoms with van der Waals surface area (Å²) in [5.41, 5.74) is 7.58. The summed E-state index contributed by atoms with van der Waals surface area (Å²) in [5.74, 6) is 0.456. The molecule has 0 spiro atoms. The van der Waals surface area contributed by atoms with Crippen LogP contribution in [0.25, 0.3) is 5.70 Å². The van der Waals surface area contributed by atoms with E-state index in [1.807, 2.05) is 36.4 Å². The van der Waals surface area contributed by atoms with E-state index >= 15 is 0 Å². The fourth-order valence-corrected chi connectivity index (χ4v) is 1.29. The van der Waals surface area contributed by atoms with Gasteiger partial charge in [-0.3, -0.25) is 4.99 Å². The highest BCUT2D eigenvalue weighted by molar-refractivity contribution is 6.30. The van der Waals surface area contributed by atoms with Gasteiger partial charge in [0.15, 0.2) is 0 Å². The zero-order chi connectivity index (χ0) is 9.80. The van der Waals surface area contributed by atoms with Crippen molar-refractivity contribution >= 4 is 17.7 Å². The van der Waals surface area contributed by atoms with Crippen LogP contribution in [0.5, 0.6) is 0 Å². The van der Waals surface area contributed by atoms with Gasteiger partial charge in [-0.15, -0.1) is 0 Å². The number of amidine groups is 1. The van der Waals surface area contributed by atoms with Gasteiger partial charge in [0, 0.05) is 0 Å². The van der Waals surface area contributed by atoms with E-state index in [-0.39, 0.29) is 0 Å². The zero-order valence-electron chi connectivity index (χ0n) is 7.72. The second kappa shape index (κ2) is 3.87. The molecule has 0 bridgehead atoms. The Bertz CT molecular complexity index is 402. The highest BCUT2D eigenvalue weighted by Gasteiger charge is 2.01. The monoisotopic (exact) mass is 185 g/mol. The molecular formula is C11H11N3. The minimum atomic E-state index is 0.456. The predicted molar refractivity (Wildman–Crippen MR) is 59.4 cm³/mol. The van der Waals surface area contributed by atoms with E-state index in [1.165, 1.54) is 0 Å². The lowest BCUT2D eigenvalue weighted by atomic mass is 10.1. The Hall–Kier alpha value is -1.90. The number of rotatable bonds is 1. The lowest BCUT2D eigenvalue weighted by Gasteiger charge is -2.00. The van der Waals surface area contributed by atoms with Gasteiger partial charge in [-0.25, -0.2) is 4.99 Å². The topological polar surface area (TPSA) is 50.7 Å². The van der Waals surface area contributed by atoms with Crippen molar-refractivity contribution in [3.8, 4) is 0 Å². The predicted octanol–water partition coefficient (Wildman–Crippen LogP) is 1.47. The first-order valence-corrected chi connectivity index (χ1v) is 4.46. The second-order valence-electron chi connectivity index (χ2n) is 2.99. The summed E-state index contributed by atoms with van der Waals surface area (Å²) >= 11 is 0. The molecular weight excluding hydrogens is 174 g/mol. The van der Waals surface area contributed by atoms with Crippen LogP contribution in [0, 0.1) is 0 Å². The maximum absolute atomic E-state index is 5.62. The van der Waals surface area contributed by atoms with Crippen LogP contribution in [0.4, 0.5) is 0 Å². The van der Waals surface area contributed by atoms with Crippen LogP contribution in [-0.4, -0.2) is 18.6 Å². The molecule has 0 aliphatic carbocycles. The molecule has 1 aromatic rings. The molecule has 14 heavy (non-hydrogen) atoms. The number of hydrogen-bond donors (Lipinski definition) is 1. The first-order valence-electron chi connectivity index (χ1n) is 4.46. The average Bonchev–Trinajstić information content (AvgIpc) is 2.44. The van der Waals surface area contributed by atoms with E-state index in [4.69, 9.17) is 5.73 Å². The standard InChI is InChI=1S/C11H11N3/c12-11-8-13-7-6-10(14-11)9-4-2-1-3-5-9/h1-6,8H,7H2,(H2,12,14). The van der Waals surface area contributed by atoms with Crippen LogP contribution in [0.1, 0.15) is 5.56 Å². The van der Waals surface area contributed by atoms with Crippen molar-refractivity contribution in [3.63, 3.8) is 0 Å². The van der Waals surface area contributed by atoms with Crippen LogP contribution in [0.3, 0.4) is 0 Å². The number of hydrogen-bond acceptors (Lipinski definition) is 3. The van der Waals surface area contributed by atoms with Gasteiger partial charge in [0.1, 0.15) is 5.84 Å². The van der Waals surface area contributed by atoms with Crippen LogP contribution >= 0.6 is 0 Å². The van der Waals surface area contributed by atoms with Gasteiger partial charge in [0.2, 0.25) is 0 Å². The van der Waals surface area contributed by atoms with Crippen molar-refractivity contribution in [3.05, 3.63) is 42.0 Å². The summed E-state index contributed by atoms with van der Waals surface area (Å²) in [5, 5.41) is 0. The molecule has 0 radical (unpaired) electrons. The Labute approximate surface area is 82.7 Å². The zero-order valence-corrected chi connectivity index (χ0v) is 7.72. The average molecular weight is 185 g/mol. The Balaban J connectivity index is 2.36. The maximum atomic E-state index is 5.62. The molecule has 1 aliphatic rings. The molecule has 0 saturated heterocycles. The van der Waals surface area contributed by atoms with Gasteiger partial charge in [-0.05, 0) is 11.6 Å². The van der Waals surface area contributed by atoms with E-state index in [0.29, 0.717) is 12.4 Å². The smallest absolute Gasteiger partial charge is 0.142 e. The minimum Gasteiger partial charge on any atom is -0.382 e. The van der Waals surface area contributed by atoms with Crippen LogP contribution in [-0.2, 0) is 0 Å². The van der Waals surface area contributed by atoms with Gasteiger partial charge >= 0.3 is 0 Å². The van der Waals surface area contributed by atoms with E-state index < -0.39 is 0 Å². The fraction of sp³-hybridized carbons (Fsp3) is 0.0909. The first-order chi connectivity index (χ1) is 6.86. The first kappa shape index (κ1) is 8.69. The molecule has 3 heteroatoms. The van der Waals surface area contributed by atoms with Gasteiger partial charge < -0.3 is 5.73 Å². The molecule has 1 aliphatic heterocycles. The third-order valence-electron chi connectivity index (χ3n) is 1.93. The molecule has 0 saturated carbocycles. The fourth-order valence-electron chi connectivity index (χ4n) is 1.29. The molecule has 2 N–H and O–H groups in total. The maximum Gasteiger partial charge on any atom is 0.142 e. The largest absolute Gasteiger partial charge is 0.382 e. The Kier molecular flexibility index (Phi) is 2.40. The normalized spacial score (nSPS) is 15.7. The summed E-state index contributed by atoms with van der Waals surface area (Å²) in [7, 11) is 0. The van der Waals surface area contributed by atoms with Crippen LogP contribution in [0.15, 0.2) is 46.4 Å². The molecule has 2 rings (SSSR count). The molecule has 1 heterocycles. The molecule has 0 unspecified atom stereocenters. The van der Waals surface area contributed by atoms with Crippen molar-refractivity contribution in [1.29, 1.82) is 0 Å². The number of aliphatic imine (C=N–C) groups is 2. The van der Waals surface area contributed by atoms with Gasteiger partial charge in [-0.1, -0.05) is 30.3 Å². The lowest BCUT2D eigenvalue weighted by Crippen LogP contribution is -2.12. The number of nitrogens with zero attached hydrogens (tertiary/aromatic N) is 2. The summed E-state index contributed by atoms with van der Waals surface area (Å²) in [6.07, 6.45) is 3.55. The van der Waals surface area contributed by atoms with E-state index in [1.54, 1.807) is 6.21 Å². The van der Waals surface area contributed by atoms with Crippen molar-refractivity contribution < 1.29 is 0 Å². The van der Waals surface area contributed by atoms with Gasteiger partial charge in [0.05, 0.1) is 18.5 Å². The molecule has 70 valence electrons. The Morgan fingerprint density at radius 2 is 1.93 bits per heavy atom. The summed E-state index contributed by atoms with van der Waals surface area (Å²) < 4.78 is 0. The molecule has 0 fully saturated rings. The summed E-state index contributed by atoms with van der Waals surface area (Å²) in [4.78, 5) is 8.32. The Morgan fingerprint density at radius 3 is 2.71 bits per heavy atom. The van der Waals surface area contributed by atoms with E-state index in [9.17, 15) is 0 Å². The molecule has 0 amide bonds. The van der Waals surface area contributed by atoms with E-state index in [2.05, 4.69) is 9.98 Å². The molecule has 0 atom stereocenters. The highest BCUT2D eigenvalue weighted by atomic mass is 14.9. The molecule has 3 nitrogen and oxygen atoms in total. The van der Waals surface area contributed by atoms with Gasteiger partial charge in [-0.2, -0.15) is 0 Å². The SMILES string of the molecule is NC1=NC(c2ccccc2)=CCN=C1. The van der Waals surface area contributed by atoms with E-state index in [0.717, 1.165) is 11.3 Å². The second-order valence-corrected chi connectivity index (χ2v) is 2.99. The number of nitrogens with two attached hydrogens (primary N) is 1. The van der Waals surface area contributed by atoms with Crippen molar-refractivity contribution in [2.45, 2.75) is 0 Å². The van der Waals surface area contributed by atoms with Crippen molar-refractivity contribution in [2.24, 2.45) is 15.7 Å². The quantitative estimate of drug-likeness (QED) is 0.707. The third kappa shape index (κ3) is 1.88. The minimum absolute atomic E-state index is 0.456. The van der Waals surface area contributed by atoms with Gasteiger partial charge in [0.25, 0.3) is 0 Å². The highest BCUT2D eigenvalue weighted by Crippen LogP contribution is 2.15. The van der Waals surface area contributed by atoms with Crippen LogP contribution in [0.2, 0.25) is 0 Å². The third-order valence-corrected chi connectivity index (χ3v) is 1.93. The number of benzene rings is 1. The van der Waals surface area contributed by atoms with Crippen molar-refractivity contribution in [1.82, 2.24) is 0 Å². The molecule has 1 aromatic carbocycles. The lowest BCUT2D eigenvalue weighted by molar-refractivity contribution is 1.26. The summed E-state index contributed by atoms with van der Waals surface area (Å²) in [6.45, 7) is 0.633. The van der Waals surface area contributed by atoms with Crippen molar-refractivity contribution in [2.75, 3.05) is 6.54 Å². The summed E-state index contributed by atoms with van der Waals surface area (Å²) in [6, 6.07) is 9.95. The van der Waals surface area contributed by atoms with Crippen LogP contribution < -0.4 is 5.73 Å². The Morgan fingerprint density at radius 1 is 1.14 bits per heavy atom.